The van der Waals surface area contributed by atoms with Crippen LogP contribution < -0.4 is 4.74 Å². The summed E-state index contributed by atoms with van der Waals surface area (Å²) in [5.41, 5.74) is 1.15. The van der Waals surface area contributed by atoms with Crippen LogP contribution in [0, 0.1) is 12.5 Å². The first-order valence-corrected chi connectivity index (χ1v) is 14.7. The minimum atomic E-state index is -3.69. The molecule has 10 nitrogen and oxygen atoms in total. The van der Waals surface area contributed by atoms with Crippen LogP contribution in [0.2, 0.25) is 10.0 Å². The first-order chi connectivity index (χ1) is 18.4. The highest BCUT2D eigenvalue weighted by Gasteiger charge is 2.31. The van der Waals surface area contributed by atoms with Gasteiger partial charge in [0.15, 0.2) is 15.5 Å². The molecule has 2 heterocycles. The number of nitrogens with zero attached hydrogens (tertiary/aromatic N) is 4. The molecule has 0 unspecified atom stereocenters. The van der Waals surface area contributed by atoms with E-state index in [-0.39, 0.29) is 62.8 Å². The summed E-state index contributed by atoms with van der Waals surface area (Å²) >= 11 is 13.0. The summed E-state index contributed by atoms with van der Waals surface area (Å²) in [7, 11) is -2.12. The fourth-order valence-corrected chi connectivity index (χ4v) is 5.87. The van der Waals surface area contributed by atoms with Crippen LogP contribution in [-0.2, 0) is 47.4 Å². The van der Waals surface area contributed by atoms with Gasteiger partial charge in [-0.1, -0.05) is 43.5 Å². The first kappa shape index (κ1) is 30.2. The van der Waals surface area contributed by atoms with Gasteiger partial charge in [-0.25, -0.2) is 17.9 Å². The predicted octanol–water partition coefficient (Wildman–Crippen LogP) is 4.07. The molecule has 0 spiro atoms. The van der Waals surface area contributed by atoms with Crippen molar-refractivity contribution in [1.82, 2.24) is 19.6 Å². The summed E-state index contributed by atoms with van der Waals surface area (Å²) in [5, 5.41) is 8.79. The van der Waals surface area contributed by atoms with Crippen LogP contribution in [0.5, 0.6) is 5.88 Å². The van der Waals surface area contributed by atoms with Crippen LogP contribution in [0.15, 0.2) is 17.0 Å². The number of ether oxygens (including phenoxy) is 2. The Morgan fingerprint density at radius 2 is 1.74 bits per heavy atom. The van der Waals surface area contributed by atoms with Crippen LogP contribution in [0.3, 0.4) is 0 Å². The van der Waals surface area contributed by atoms with Gasteiger partial charge in [0.2, 0.25) is 11.7 Å². The lowest BCUT2D eigenvalue weighted by molar-refractivity contribution is 0.0705. The molecule has 208 valence electrons. The minimum Gasteiger partial charge on any atom is -0.446 e. The van der Waals surface area contributed by atoms with E-state index in [1.165, 1.54) is 21.5 Å². The highest BCUT2D eigenvalue weighted by atomic mass is 35.5. The third kappa shape index (κ3) is 5.98. The van der Waals surface area contributed by atoms with Crippen LogP contribution >= 0.6 is 23.2 Å². The molecule has 3 aromatic rings. The van der Waals surface area contributed by atoms with Gasteiger partial charge in [-0.3, -0.25) is 9.48 Å². The van der Waals surface area contributed by atoms with Crippen LogP contribution in [0.25, 0.3) is 0 Å². The number of hydrogen-bond acceptors (Lipinski definition) is 8. The van der Waals surface area contributed by atoms with E-state index < -0.39 is 21.6 Å². The Bertz CT molecular complexity index is 1580. The zero-order valence-electron chi connectivity index (χ0n) is 22.2. The molecular formula is C26H28Cl2N4O6S. The number of halogens is 2. The van der Waals surface area contributed by atoms with Crippen molar-refractivity contribution < 1.29 is 27.5 Å². The second-order valence-corrected chi connectivity index (χ2v) is 11.2. The molecule has 0 atom stereocenters. The Labute approximate surface area is 237 Å². The van der Waals surface area contributed by atoms with E-state index >= 15 is 0 Å². The Morgan fingerprint density at radius 3 is 2.28 bits per heavy atom. The predicted molar refractivity (Wildman–Crippen MR) is 146 cm³/mol. The molecule has 0 N–H and O–H groups in total. The molecule has 39 heavy (non-hydrogen) atoms. The number of sulfone groups is 1. The summed E-state index contributed by atoms with van der Waals surface area (Å²) in [5.74, 6) is -1.49. The van der Waals surface area contributed by atoms with Crippen molar-refractivity contribution in [3.8, 4) is 18.4 Å². The molecule has 0 amide bonds. The van der Waals surface area contributed by atoms with Crippen LogP contribution in [-0.4, -0.2) is 52.6 Å². The lowest BCUT2D eigenvalue weighted by Crippen LogP contribution is -2.18. The molecule has 2 aromatic heterocycles. The third-order valence-electron chi connectivity index (χ3n) is 5.99. The Morgan fingerprint density at radius 1 is 1.08 bits per heavy atom. The summed E-state index contributed by atoms with van der Waals surface area (Å²) in [6, 6.07) is 2.63. The summed E-state index contributed by atoms with van der Waals surface area (Å²) < 4.78 is 38.2. The highest BCUT2D eigenvalue weighted by molar-refractivity contribution is 7.90. The average molecular weight is 596 g/mol. The number of rotatable bonds is 11. The number of benzene rings is 1. The lowest BCUT2D eigenvalue weighted by atomic mass is 9.99. The molecule has 13 heteroatoms. The zero-order chi connectivity index (χ0) is 29.1. The number of aromatic nitrogens is 4. The maximum Gasteiger partial charge on any atom is 0.364 e. The van der Waals surface area contributed by atoms with Crippen molar-refractivity contribution in [1.29, 1.82) is 0 Å². The number of hydrogen-bond donors (Lipinski definition) is 0. The molecule has 0 aliphatic rings. The summed E-state index contributed by atoms with van der Waals surface area (Å²) in [6.07, 6.45) is 9.09. The van der Waals surface area contributed by atoms with Crippen molar-refractivity contribution >= 4 is 44.8 Å². The molecule has 0 fully saturated rings. The number of aryl methyl sites for hydroxylation is 4. The normalized spacial score (nSPS) is 11.3. The largest absolute Gasteiger partial charge is 0.446 e. The summed E-state index contributed by atoms with van der Waals surface area (Å²) in [4.78, 5) is 27.2. The second kappa shape index (κ2) is 12.2. The molecule has 0 saturated heterocycles. The monoisotopic (exact) mass is 594 g/mol. The number of ketones is 1. The van der Waals surface area contributed by atoms with Gasteiger partial charge in [-0.15, -0.1) is 0 Å². The van der Waals surface area contributed by atoms with Crippen molar-refractivity contribution in [3.63, 3.8) is 0 Å². The van der Waals surface area contributed by atoms with E-state index in [0.29, 0.717) is 24.2 Å². The quantitative estimate of drug-likeness (QED) is 0.141. The molecule has 0 radical (unpaired) electrons. The lowest BCUT2D eigenvalue weighted by Gasteiger charge is -2.14. The minimum absolute atomic E-state index is 0.00858. The topological polar surface area (TPSA) is 122 Å². The maximum atomic E-state index is 14.0. The van der Waals surface area contributed by atoms with Crippen LogP contribution in [0.4, 0.5) is 0 Å². The van der Waals surface area contributed by atoms with Gasteiger partial charge in [0.05, 0.1) is 26.3 Å². The van der Waals surface area contributed by atoms with E-state index in [4.69, 9.17) is 39.1 Å². The molecule has 0 aliphatic carbocycles. The molecular weight excluding hydrogens is 567 g/mol. The van der Waals surface area contributed by atoms with E-state index in [1.807, 2.05) is 13.0 Å². The van der Waals surface area contributed by atoms with E-state index in [2.05, 4.69) is 10.2 Å². The molecule has 1 aromatic carbocycles. The van der Waals surface area contributed by atoms with Gasteiger partial charge in [0.25, 0.3) is 0 Å². The van der Waals surface area contributed by atoms with Crippen molar-refractivity contribution in [2.24, 2.45) is 7.05 Å². The summed E-state index contributed by atoms with van der Waals surface area (Å²) in [6.45, 7) is 5.70. The van der Waals surface area contributed by atoms with Crippen LogP contribution in [0.1, 0.15) is 64.1 Å². The van der Waals surface area contributed by atoms with Gasteiger partial charge in [-0.2, -0.15) is 10.2 Å². The number of esters is 1. The zero-order valence-corrected chi connectivity index (χ0v) is 24.5. The highest BCUT2D eigenvalue weighted by Crippen LogP contribution is 2.34. The van der Waals surface area contributed by atoms with Gasteiger partial charge < -0.3 is 9.47 Å². The Hall–Kier alpha value is -3.33. The average Bonchev–Trinajstić information content (AvgIpc) is 3.38. The maximum absolute atomic E-state index is 14.0. The van der Waals surface area contributed by atoms with E-state index in [1.54, 1.807) is 20.9 Å². The molecule has 3 rings (SSSR count). The standard InChI is InChI=1S/C26H28Cl2N4O6S/c1-7-17-20(24(33)16-11-12-19(39(6,35)36)15(21(16)27)13-14-37-10-4)25(32(9-3)30-17)38-26(34)23-22(28)18(8-2)29-31(23)5/h4,11-12H,7-9,13-14H2,1-3,5-6H3. The molecule has 0 saturated carbocycles. The SMILES string of the molecule is C#COCCc1c(S(C)(=O)=O)ccc(C(=O)c2c(CC)nn(CC)c2OC(=O)c2c(Cl)c(CC)nn2C)c1Cl. The fraction of sp³-hybridized carbons (Fsp3) is 0.385. The number of terminal acetylenes is 1. The van der Waals surface area contributed by atoms with Gasteiger partial charge in [-0.05, 0) is 37.5 Å². The van der Waals surface area contributed by atoms with E-state index in [9.17, 15) is 18.0 Å². The Balaban J connectivity index is 2.16. The second-order valence-electron chi connectivity index (χ2n) is 8.49. The Kier molecular flexibility index (Phi) is 9.48. The molecule has 0 bridgehead atoms. The van der Waals surface area contributed by atoms with Gasteiger partial charge >= 0.3 is 5.97 Å². The van der Waals surface area contributed by atoms with Crippen molar-refractivity contribution in [2.45, 2.75) is 51.5 Å². The number of carbonyl (C=O) groups is 2. The van der Waals surface area contributed by atoms with Crippen molar-refractivity contribution in [2.75, 3.05) is 12.9 Å². The third-order valence-corrected chi connectivity index (χ3v) is 8.01. The number of carbonyl (C=O) groups excluding carboxylic acids is 2. The van der Waals surface area contributed by atoms with Gasteiger partial charge in [0.1, 0.15) is 18.3 Å². The molecule has 0 aliphatic heterocycles. The smallest absolute Gasteiger partial charge is 0.364 e. The van der Waals surface area contributed by atoms with Crippen molar-refractivity contribution in [3.05, 3.63) is 56.0 Å². The van der Waals surface area contributed by atoms with E-state index in [0.717, 1.165) is 6.26 Å². The first-order valence-electron chi connectivity index (χ1n) is 12.1. The van der Waals surface area contributed by atoms with Gasteiger partial charge in [0, 0.05) is 31.8 Å². The fourth-order valence-electron chi connectivity index (χ4n) is 4.13.